The van der Waals surface area contributed by atoms with Gasteiger partial charge in [-0.2, -0.15) is 16.4 Å². The number of anilines is 2. The molecule has 2 aromatic carbocycles. The Morgan fingerprint density at radius 2 is 1.97 bits per heavy atom. The van der Waals surface area contributed by atoms with Crippen LogP contribution in [0.5, 0.6) is 5.75 Å². The summed E-state index contributed by atoms with van der Waals surface area (Å²) in [5.41, 5.74) is 3.28. The van der Waals surface area contributed by atoms with Crippen LogP contribution in [0, 0.1) is 10.1 Å². The first-order valence-electron chi connectivity index (χ1n) is 8.16. The topological polar surface area (TPSA) is 123 Å². The minimum absolute atomic E-state index is 0.0673. The van der Waals surface area contributed by atoms with Gasteiger partial charge in [-0.3, -0.25) is 20.3 Å². The Hall–Kier alpha value is -3.44. The van der Waals surface area contributed by atoms with Gasteiger partial charge in [0, 0.05) is 11.6 Å². The van der Waals surface area contributed by atoms with Crippen molar-refractivity contribution in [2.45, 2.75) is 4.90 Å². The van der Waals surface area contributed by atoms with Gasteiger partial charge in [-0.1, -0.05) is 12.1 Å². The Labute approximate surface area is 170 Å². The van der Waals surface area contributed by atoms with Crippen molar-refractivity contribution in [2.75, 3.05) is 17.3 Å². The molecule has 0 unspecified atom stereocenters. The monoisotopic (exact) mass is 432 g/mol. The molecule has 9 nitrogen and oxygen atoms in total. The average Bonchev–Trinajstić information content (AvgIpc) is 3.21. The van der Waals surface area contributed by atoms with E-state index in [1.54, 1.807) is 18.2 Å². The molecule has 150 valence electrons. The lowest BCUT2D eigenvalue weighted by Crippen LogP contribution is -2.14. The van der Waals surface area contributed by atoms with Gasteiger partial charge in [0.1, 0.15) is 11.4 Å². The molecule has 2 N–H and O–H groups in total. The standard InChI is InChI=1S/C18H16N4O5S2/c1-27-18-5-3-2-4-16(18)21-29(25,26)14-6-7-15(17(10-14)22(23)24)20-19-11-13-8-9-28-12-13/h2-12,20-21H,1H3/b19-11+. The summed E-state index contributed by atoms with van der Waals surface area (Å²) < 4.78 is 32.9. The van der Waals surface area contributed by atoms with Crippen LogP contribution < -0.4 is 14.9 Å². The predicted octanol–water partition coefficient (Wildman–Crippen LogP) is 3.91. The zero-order valence-corrected chi connectivity index (χ0v) is 16.7. The van der Waals surface area contributed by atoms with Crippen LogP contribution in [-0.2, 0) is 10.0 Å². The maximum atomic E-state index is 12.7. The van der Waals surface area contributed by atoms with Crippen LogP contribution in [0.4, 0.5) is 17.1 Å². The first-order valence-corrected chi connectivity index (χ1v) is 10.6. The van der Waals surface area contributed by atoms with E-state index in [9.17, 15) is 18.5 Å². The fourth-order valence-electron chi connectivity index (χ4n) is 2.38. The number of benzene rings is 2. The zero-order valence-electron chi connectivity index (χ0n) is 15.1. The smallest absolute Gasteiger partial charge is 0.295 e. The van der Waals surface area contributed by atoms with Crippen LogP contribution >= 0.6 is 11.3 Å². The molecule has 3 rings (SSSR count). The Bertz CT molecular complexity index is 1140. The molecule has 1 heterocycles. The Morgan fingerprint density at radius 1 is 1.17 bits per heavy atom. The van der Waals surface area contributed by atoms with E-state index in [-0.39, 0.29) is 16.3 Å². The van der Waals surface area contributed by atoms with E-state index in [2.05, 4.69) is 15.2 Å². The molecule has 0 aliphatic carbocycles. The molecule has 0 amide bonds. The van der Waals surface area contributed by atoms with Gasteiger partial charge in [-0.15, -0.1) is 0 Å². The quantitative estimate of drug-likeness (QED) is 0.316. The summed E-state index contributed by atoms with van der Waals surface area (Å²) in [6.07, 6.45) is 1.51. The minimum atomic E-state index is -4.07. The second-order valence-corrected chi connectivity index (χ2v) is 8.13. The molecule has 3 aromatic rings. The Morgan fingerprint density at radius 3 is 2.66 bits per heavy atom. The number of nitro groups is 1. The minimum Gasteiger partial charge on any atom is -0.495 e. The van der Waals surface area contributed by atoms with Crippen molar-refractivity contribution in [3.8, 4) is 5.75 Å². The number of hydrazone groups is 1. The lowest BCUT2D eigenvalue weighted by atomic mass is 10.3. The fourth-order valence-corrected chi connectivity index (χ4v) is 4.08. The molecular weight excluding hydrogens is 416 g/mol. The number of thiophene rings is 1. The van der Waals surface area contributed by atoms with Crippen LogP contribution in [0.25, 0.3) is 0 Å². The van der Waals surface area contributed by atoms with Crippen molar-refractivity contribution < 1.29 is 18.1 Å². The van der Waals surface area contributed by atoms with E-state index in [0.29, 0.717) is 5.75 Å². The van der Waals surface area contributed by atoms with E-state index in [4.69, 9.17) is 4.74 Å². The van der Waals surface area contributed by atoms with Crippen molar-refractivity contribution in [2.24, 2.45) is 5.10 Å². The highest BCUT2D eigenvalue weighted by atomic mass is 32.2. The van der Waals surface area contributed by atoms with Gasteiger partial charge >= 0.3 is 0 Å². The zero-order chi connectivity index (χ0) is 20.9. The molecule has 0 radical (unpaired) electrons. The summed E-state index contributed by atoms with van der Waals surface area (Å²) in [6.45, 7) is 0. The third-order valence-corrected chi connectivity index (χ3v) is 5.83. The number of nitrogens with zero attached hydrogens (tertiary/aromatic N) is 2. The molecule has 0 aliphatic rings. The third-order valence-electron chi connectivity index (χ3n) is 3.77. The van der Waals surface area contributed by atoms with E-state index in [0.717, 1.165) is 11.6 Å². The Kier molecular flexibility index (Phi) is 6.10. The molecule has 0 atom stereocenters. The van der Waals surface area contributed by atoms with Crippen molar-refractivity contribution in [3.05, 3.63) is 75.0 Å². The van der Waals surface area contributed by atoms with Crippen molar-refractivity contribution in [1.29, 1.82) is 0 Å². The molecule has 0 saturated carbocycles. The molecule has 0 aliphatic heterocycles. The second-order valence-electron chi connectivity index (χ2n) is 5.67. The number of para-hydroxylation sites is 2. The maximum absolute atomic E-state index is 12.7. The van der Waals surface area contributed by atoms with Gasteiger partial charge in [-0.05, 0) is 41.1 Å². The average molecular weight is 432 g/mol. The maximum Gasteiger partial charge on any atom is 0.295 e. The van der Waals surface area contributed by atoms with Gasteiger partial charge in [0.25, 0.3) is 15.7 Å². The lowest BCUT2D eigenvalue weighted by Gasteiger charge is -2.12. The normalized spacial score (nSPS) is 11.3. The Balaban J connectivity index is 1.87. The number of nitro benzene ring substituents is 1. The van der Waals surface area contributed by atoms with Crippen molar-refractivity contribution in [3.63, 3.8) is 0 Å². The van der Waals surface area contributed by atoms with E-state index in [1.807, 2.05) is 16.8 Å². The van der Waals surface area contributed by atoms with Crippen LogP contribution in [0.3, 0.4) is 0 Å². The summed E-state index contributed by atoms with van der Waals surface area (Å²) in [4.78, 5) is 10.5. The van der Waals surface area contributed by atoms with Gasteiger partial charge in [0.2, 0.25) is 0 Å². The highest BCUT2D eigenvalue weighted by molar-refractivity contribution is 7.92. The van der Waals surface area contributed by atoms with Crippen LogP contribution in [0.2, 0.25) is 0 Å². The number of rotatable bonds is 8. The highest BCUT2D eigenvalue weighted by Gasteiger charge is 2.22. The summed E-state index contributed by atoms with van der Waals surface area (Å²) in [5, 5.41) is 19.1. The third kappa shape index (κ3) is 4.89. The van der Waals surface area contributed by atoms with E-state index >= 15 is 0 Å². The number of hydrogen-bond donors (Lipinski definition) is 2. The molecule has 0 spiro atoms. The second kappa shape index (κ2) is 8.71. The highest BCUT2D eigenvalue weighted by Crippen LogP contribution is 2.30. The largest absolute Gasteiger partial charge is 0.495 e. The summed E-state index contributed by atoms with van der Waals surface area (Å²) in [6, 6.07) is 11.8. The lowest BCUT2D eigenvalue weighted by molar-refractivity contribution is -0.384. The van der Waals surface area contributed by atoms with Crippen LogP contribution in [0.1, 0.15) is 5.56 Å². The number of methoxy groups -OCH3 is 1. The summed E-state index contributed by atoms with van der Waals surface area (Å²) in [7, 11) is -2.66. The van der Waals surface area contributed by atoms with Crippen molar-refractivity contribution in [1.82, 2.24) is 0 Å². The van der Waals surface area contributed by atoms with Crippen molar-refractivity contribution >= 4 is 44.6 Å². The van der Waals surface area contributed by atoms with E-state index < -0.39 is 20.6 Å². The SMILES string of the molecule is COc1ccccc1NS(=O)(=O)c1ccc(N/N=C/c2ccsc2)c([N+](=O)[O-])c1. The predicted molar refractivity (Wildman–Crippen MR) is 112 cm³/mol. The number of nitrogens with one attached hydrogen (secondary N) is 2. The van der Waals surface area contributed by atoms with E-state index in [1.165, 1.54) is 42.9 Å². The van der Waals surface area contributed by atoms with Gasteiger partial charge in [0.05, 0.1) is 28.8 Å². The molecular formula is C18H16N4O5S2. The molecule has 0 bridgehead atoms. The summed E-state index contributed by atoms with van der Waals surface area (Å²) in [5.74, 6) is 0.326. The first kappa shape index (κ1) is 20.3. The molecule has 11 heteroatoms. The number of ether oxygens (including phenoxy) is 1. The molecule has 29 heavy (non-hydrogen) atoms. The van der Waals surface area contributed by atoms with Gasteiger partial charge < -0.3 is 4.74 Å². The first-order chi connectivity index (χ1) is 13.9. The van der Waals surface area contributed by atoms with Gasteiger partial charge in [0.15, 0.2) is 0 Å². The van der Waals surface area contributed by atoms with Gasteiger partial charge in [-0.25, -0.2) is 8.42 Å². The fraction of sp³-hybridized carbons (Fsp3) is 0.0556. The number of sulfonamides is 1. The molecule has 0 fully saturated rings. The number of hydrogen-bond acceptors (Lipinski definition) is 8. The molecule has 1 aromatic heterocycles. The van der Waals surface area contributed by atoms with Crippen LogP contribution in [0.15, 0.2) is 69.3 Å². The molecule has 0 saturated heterocycles. The summed E-state index contributed by atoms with van der Waals surface area (Å²) >= 11 is 1.49. The van der Waals surface area contributed by atoms with Crippen LogP contribution in [-0.4, -0.2) is 26.7 Å².